The topological polar surface area (TPSA) is 92.3 Å². The van der Waals surface area contributed by atoms with Crippen LogP contribution in [-0.2, 0) is 47.4 Å². The first-order chi connectivity index (χ1) is 27.9. The summed E-state index contributed by atoms with van der Waals surface area (Å²) in [5.74, 6) is 0. The van der Waals surface area contributed by atoms with Gasteiger partial charge in [0, 0.05) is 13.2 Å². The normalized spacial score (nSPS) is 11.7. The number of ether oxygens (including phenoxy) is 10. The van der Waals surface area contributed by atoms with Crippen LogP contribution in [0.4, 0.5) is 0 Å². The van der Waals surface area contributed by atoms with Crippen LogP contribution < -0.4 is 0 Å². The molecule has 10 nitrogen and oxygen atoms in total. The van der Waals surface area contributed by atoms with Crippen molar-refractivity contribution in [2.45, 2.75) is 168 Å². The van der Waals surface area contributed by atoms with Crippen LogP contribution in [0.2, 0.25) is 0 Å². The van der Waals surface area contributed by atoms with Crippen molar-refractivity contribution in [3.8, 4) is 0 Å². The highest BCUT2D eigenvalue weighted by atomic mass is 16.6. The molecule has 10 heteroatoms. The van der Waals surface area contributed by atoms with Gasteiger partial charge in [-0.15, -0.1) is 0 Å². The molecule has 0 atom stereocenters. The third-order valence-corrected chi connectivity index (χ3v) is 9.63. The summed E-state index contributed by atoms with van der Waals surface area (Å²) < 4.78 is 55.7. The fourth-order valence-corrected chi connectivity index (χ4v) is 6.17. The Balaban J connectivity index is 3.05. The first-order valence-electron chi connectivity index (χ1n) is 23.7. The van der Waals surface area contributed by atoms with E-state index in [1.165, 1.54) is 141 Å². The molecule has 0 saturated carbocycles. The van der Waals surface area contributed by atoms with Gasteiger partial charge in [0.15, 0.2) is 0 Å². The van der Waals surface area contributed by atoms with Gasteiger partial charge in [0.1, 0.15) is 0 Å². The Hall–Kier alpha value is -0.400. The summed E-state index contributed by atoms with van der Waals surface area (Å²) >= 11 is 0. The predicted molar refractivity (Wildman–Crippen MR) is 230 cm³/mol. The van der Waals surface area contributed by atoms with E-state index in [-0.39, 0.29) is 0 Å². The molecule has 0 amide bonds. The van der Waals surface area contributed by atoms with E-state index in [1.54, 1.807) is 0 Å². The summed E-state index contributed by atoms with van der Waals surface area (Å²) in [6.45, 7) is 16.5. The zero-order valence-corrected chi connectivity index (χ0v) is 37.2. The second-order valence-corrected chi connectivity index (χ2v) is 14.9. The fraction of sp³-hybridized carbons (Fsp3) is 1.00. The summed E-state index contributed by atoms with van der Waals surface area (Å²) in [7, 11) is 0. The van der Waals surface area contributed by atoms with Gasteiger partial charge in [-0.25, -0.2) is 0 Å². The maximum Gasteiger partial charge on any atom is 0.0701 e. The van der Waals surface area contributed by atoms with Crippen molar-refractivity contribution >= 4 is 0 Å². The van der Waals surface area contributed by atoms with Gasteiger partial charge < -0.3 is 47.4 Å². The highest BCUT2D eigenvalue weighted by molar-refractivity contribution is 4.50. The SMILES string of the molecule is CCCCCCCCCCCCCCCCCCOCCOCCOCCOCCOCCOCCOCCOCCOCCOCCCCCCCCCC. The van der Waals surface area contributed by atoms with E-state index >= 15 is 0 Å². The van der Waals surface area contributed by atoms with E-state index in [0.29, 0.717) is 119 Å². The van der Waals surface area contributed by atoms with Crippen LogP contribution >= 0.6 is 0 Å². The molecule has 338 valence electrons. The Kier molecular flexibility index (Phi) is 54.2. The molecular formula is C46H94O10. The van der Waals surface area contributed by atoms with Crippen LogP contribution in [0.3, 0.4) is 0 Å². The van der Waals surface area contributed by atoms with Crippen molar-refractivity contribution < 1.29 is 47.4 Å². The first-order valence-corrected chi connectivity index (χ1v) is 23.7. The lowest BCUT2D eigenvalue weighted by Crippen LogP contribution is -2.15. The number of unbranched alkanes of at least 4 members (excludes halogenated alkanes) is 22. The average molecular weight is 807 g/mol. The van der Waals surface area contributed by atoms with Crippen LogP contribution in [0.5, 0.6) is 0 Å². The van der Waals surface area contributed by atoms with Crippen molar-refractivity contribution in [2.24, 2.45) is 0 Å². The standard InChI is InChI=1S/C46H94O10/c1-3-5-7-9-11-13-14-15-16-17-18-19-20-22-24-26-28-48-30-32-50-34-36-52-38-40-54-42-44-56-46-45-55-43-41-53-39-37-51-35-33-49-31-29-47-27-25-23-21-12-10-8-6-4-2/h3-46H2,1-2H3. The van der Waals surface area contributed by atoms with Gasteiger partial charge in [0.05, 0.1) is 119 Å². The van der Waals surface area contributed by atoms with Gasteiger partial charge in [-0.05, 0) is 12.8 Å². The lowest BCUT2D eigenvalue weighted by Gasteiger charge is -2.09. The monoisotopic (exact) mass is 807 g/mol. The molecule has 0 aromatic rings. The molecule has 0 heterocycles. The van der Waals surface area contributed by atoms with E-state index in [4.69, 9.17) is 47.4 Å². The summed E-state index contributed by atoms with van der Waals surface area (Å²) in [5.41, 5.74) is 0. The van der Waals surface area contributed by atoms with Crippen molar-refractivity contribution in [2.75, 3.05) is 132 Å². The Morgan fingerprint density at radius 1 is 0.143 bits per heavy atom. The van der Waals surface area contributed by atoms with Crippen molar-refractivity contribution in [1.82, 2.24) is 0 Å². The van der Waals surface area contributed by atoms with E-state index < -0.39 is 0 Å². The molecule has 0 aromatic heterocycles. The molecule has 56 heavy (non-hydrogen) atoms. The Bertz CT molecular complexity index is 605. The highest BCUT2D eigenvalue weighted by Gasteiger charge is 1.98. The fourth-order valence-electron chi connectivity index (χ4n) is 6.17. The average Bonchev–Trinajstić information content (AvgIpc) is 3.21. The largest absolute Gasteiger partial charge is 0.379 e. The molecule has 0 bridgehead atoms. The lowest BCUT2D eigenvalue weighted by atomic mass is 10.0. The van der Waals surface area contributed by atoms with Crippen molar-refractivity contribution in [3.05, 3.63) is 0 Å². The molecule has 0 fully saturated rings. The smallest absolute Gasteiger partial charge is 0.0701 e. The van der Waals surface area contributed by atoms with Crippen LogP contribution in [0.15, 0.2) is 0 Å². The minimum absolute atomic E-state index is 0.535. The van der Waals surface area contributed by atoms with Gasteiger partial charge in [-0.1, -0.05) is 155 Å². The molecular weight excluding hydrogens is 712 g/mol. The van der Waals surface area contributed by atoms with E-state index in [1.807, 2.05) is 0 Å². The zero-order valence-electron chi connectivity index (χ0n) is 37.2. The third kappa shape index (κ3) is 53.6. The summed E-state index contributed by atoms with van der Waals surface area (Å²) in [6.07, 6.45) is 32.8. The first kappa shape index (κ1) is 55.6. The summed E-state index contributed by atoms with van der Waals surface area (Å²) in [5, 5.41) is 0. The highest BCUT2D eigenvalue weighted by Crippen LogP contribution is 2.14. The van der Waals surface area contributed by atoms with Gasteiger partial charge >= 0.3 is 0 Å². The van der Waals surface area contributed by atoms with Crippen molar-refractivity contribution in [3.63, 3.8) is 0 Å². The molecule has 0 radical (unpaired) electrons. The maximum atomic E-state index is 5.70. The van der Waals surface area contributed by atoms with Crippen molar-refractivity contribution in [1.29, 1.82) is 0 Å². The lowest BCUT2D eigenvalue weighted by molar-refractivity contribution is -0.0264. The van der Waals surface area contributed by atoms with E-state index in [2.05, 4.69) is 13.8 Å². The second-order valence-electron chi connectivity index (χ2n) is 14.9. The minimum atomic E-state index is 0.535. The number of hydrogen-bond acceptors (Lipinski definition) is 10. The third-order valence-electron chi connectivity index (χ3n) is 9.63. The molecule has 0 unspecified atom stereocenters. The zero-order chi connectivity index (χ0) is 40.2. The summed E-state index contributed by atoms with van der Waals surface area (Å²) in [4.78, 5) is 0. The van der Waals surface area contributed by atoms with Gasteiger partial charge in [0.25, 0.3) is 0 Å². The molecule has 0 N–H and O–H groups in total. The molecule has 0 aliphatic carbocycles. The molecule has 0 aromatic carbocycles. The van der Waals surface area contributed by atoms with Crippen LogP contribution in [0.25, 0.3) is 0 Å². The minimum Gasteiger partial charge on any atom is -0.379 e. The second kappa shape index (κ2) is 54.6. The van der Waals surface area contributed by atoms with Crippen LogP contribution in [0.1, 0.15) is 168 Å². The van der Waals surface area contributed by atoms with Gasteiger partial charge in [-0.2, -0.15) is 0 Å². The molecule has 0 spiro atoms. The van der Waals surface area contributed by atoms with E-state index in [9.17, 15) is 0 Å². The quantitative estimate of drug-likeness (QED) is 0.0553. The maximum absolute atomic E-state index is 5.70. The summed E-state index contributed by atoms with van der Waals surface area (Å²) in [6, 6.07) is 0. The molecule has 0 rings (SSSR count). The van der Waals surface area contributed by atoms with Crippen LogP contribution in [0, 0.1) is 0 Å². The molecule has 0 aliphatic heterocycles. The Morgan fingerprint density at radius 2 is 0.268 bits per heavy atom. The molecule has 0 aliphatic rings. The number of hydrogen-bond donors (Lipinski definition) is 0. The van der Waals surface area contributed by atoms with Crippen LogP contribution in [-0.4, -0.2) is 132 Å². The van der Waals surface area contributed by atoms with Gasteiger partial charge in [0.2, 0.25) is 0 Å². The van der Waals surface area contributed by atoms with Gasteiger partial charge in [-0.3, -0.25) is 0 Å². The van der Waals surface area contributed by atoms with E-state index in [0.717, 1.165) is 26.1 Å². The molecule has 0 saturated heterocycles. The Morgan fingerprint density at radius 3 is 0.429 bits per heavy atom. The number of rotatable bonds is 53. The Labute approximate surface area is 346 Å². The predicted octanol–water partition coefficient (Wildman–Crippen LogP) is 10.6.